The topological polar surface area (TPSA) is 49.4 Å². The van der Waals surface area contributed by atoms with Crippen LogP contribution in [0.3, 0.4) is 0 Å². The second-order valence-corrected chi connectivity index (χ2v) is 7.12. The van der Waals surface area contributed by atoms with E-state index in [9.17, 15) is 14.0 Å². The number of benzene rings is 3. The molecule has 2 amide bonds. The quantitative estimate of drug-likeness (QED) is 0.635. The molecular weight excluding hydrogens is 375 g/mol. The highest BCUT2D eigenvalue weighted by molar-refractivity contribution is 8.04. The fourth-order valence-corrected chi connectivity index (χ4v) is 3.76. The summed E-state index contributed by atoms with van der Waals surface area (Å²) in [6.07, 6.45) is 0. The van der Waals surface area contributed by atoms with E-state index in [0.29, 0.717) is 16.3 Å². The Balaban J connectivity index is 1.73. The minimum atomic E-state index is -0.445. The van der Waals surface area contributed by atoms with Crippen LogP contribution in [0.2, 0.25) is 0 Å². The monoisotopic (exact) mass is 390 g/mol. The van der Waals surface area contributed by atoms with Crippen LogP contribution in [-0.2, 0) is 9.59 Å². The molecule has 3 aromatic rings. The molecule has 3 aromatic carbocycles. The number of amides is 2. The summed E-state index contributed by atoms with van der Waals surface area (Å²) in [5.41, 5.74) is 1.20. The molecule has 0 atom stereocenters. The molecular formula is C22H15FN2O2S. The molecule has 4 rings (SSSR count). The van der Waals surface area contributed by atoms with Crippen molar-refractivity contribution in [2.75, 3.05) is 10.2 Å². The largest absolute Gasteiger partial charge is 0.350 e. The maximum Gasteiger partial charge on any atom is 0.283 e. The first-order chi connectivity index (χ1) is 13.6. The predicted molar refractivity (Wildman–Crippen MR) is 108 cm³/mol. The zero-order valence-corrected chi connectivity index (χ0v) is 15.4. The van der Waals surface area contributed by atoms with Gasteiger partial charge in [0.1, 0.15) is 16.4 Å². The van der Waals surface area contributed by atoms with Gasteiger partial charge in [-0.3, -0.25) is 9.59 Å². The second kappa shape index (κ2) is 7.70. The number of nitrogens with zero attached hydrogens (tertiary/aromatic N) is 1. The number of thioether (sulfide) groups is 1. The average Bonchev–Trinajstić information content (AvgIpc) is 2.95. The first-order valence-electron chi connectivity index (χ1n) is 8.57. The molecule has 4 nitrogen and oxygen atoms in total. The Kier molecular flexibility index (Phi) is 4.95. The van der Waals surface area contributed by atoms with Gasteiger partial charge in [0.05, 0.1) is 5.69 Å². The van der Waals surface area contributed by atoms with Crippen LogP contribution in [0.25, 0.3) is 0 Å². The van der Waals surface area contributed by atoms with E-state index in [4.69, 9.17) is 0 Å². The number of hydrogen-bond donors (Lipinski definition) is 1. The number of carbonyl (C=O) groups is 2. The molecule has 1 heterocycles. The van der Waals surface area contributed by atoms with Crippen LogP contribution in [0.5, 0.6) is 0 Å². The van der Waals surface area contributed by atoms with Crippen LogP contribution in [0.1, 0.15) is 0 Å². The van der Waals surface area contributed by atoms with Crippen molar-refractivity contribution in [3.8, 4) is 0 Å². The number of imide groups is 1. The van der Waals surface area contributed by atoms with Gasteiger partial charge < -0.3 is 5.32 Å². The highest BCUT2D eigenvalue weighted by Gasteiger charge is 2.40. The molecule has 0 aliphatic carbocycles. The Labute approximate surface area is 165 Å². The van der Waals surface area contributed by atoms with Gasteiger partial charge in [0.2, 0.25) is 0 Å². The molecule has 0 fully saturated rings. The number of rotatable bonds is 5. The summed E-state index contributed by atoms with van der Waals surface area (Å²) in [4.78, 5) is 28.5. The second-order valence-electron chi connectivity index (χ2n) is 6.03. The van der Waals surface area contributed by atoms with Crippen molar-refractivity contribution < 1.29 is 14.0 Å². The highest BCUT2D eigenvalue weighted by atomic mass is 32.2. The summed E-state index contributed by atoms with van der Waals surface area (Å²) in [5, 5.41) is 3.00. The van der Waals surface area contributed by atoms with Crippen LogP contribution >= 0.6 is 11.8 Å². The first kappa shape index (κ1) is 18.0. The van der Waals surface area contributed by atoms with Gasteiger partial charge in [-0.25, -0.2) is 9.29 Å². The highest BCUT2D eigenvalue weighted by Crippen LogP contribution is 2.37. The first-order valence-corrected chi connectivity index (χ1v) is 9.39. The predicted octanol–water partition coefficient (Wildman–Crippen LogP) is 4.81. The SMILES string of the molecule is O=C1C(Nc2ccc(F)cc2)=C(Sc2ccccc2)C(=O)N1c1ccccc1. The Bertz CT molecular complexity index is 1050. The Morgan fingerprint density at radius 3 is 2.00 bits per heavy atom. The molecule has 0 radical (unpaired) electrons. The van der Waals surface area contributed by atoms with E-state index in [0.717, 1.165) is 9.80 Å². The molecule has 0 saturated carbocycles. The van der Waals surface area contributed by atoms with Gasteiger partial charge in [0.25, 0.3) is 11.8 Å². The van der Waals surface area contributed by atoms with Crippen molar-refractivity contribution in [3.63, 3.8) is 0 Å². The molecule has 1 aliphatic heterocycles. The molecule has 0 aromatic heterocycles. The Morgan fingerprint density at radius 2 is 1.36 bits per heavy atom. The normalized spacial score (nSPS) is 14.0. The van der Waals surface area contributed by atoms with Crippen molar-refractivity contribution in [2.45, 2.75) is 4.90 Å². The Hall–Kier alpha value is -3.38. The third-order valence-electron chi connectivity index (χ3n) is 4.13. The molecule has 0 unspecified atom stereocenters. The van der Waals surface area contributed by atoms with Crippen molar-refractivity contribution >= 4 is 35.0 Å². The van der Waals surface area contributed by atoms with Crippen molar-refractivity contribution in [2.24, 2.45) is 0 Å². The van der Waals surface area contributed by atoms with Gasteiger partial charge in [0, 0.05) is 10.6 Å². The van der Waals surface area contributed by atoms with Crippen LogP contribution in [0.4, 0.5) is 15.8 Å². The van der Waals surface area contributed by atoms with E-state index in [-0.39, 0.29) is 11.5 Å². The van der Waals surface area contributed by atoms with Gasteiger partial charge in [-0.1, -0.05) is 48.2 Å². The van der Waals surface area contributed by atoms with Gasteiger partial charge >= 0.3 is 0 Å². The summed E-state index contributed by atoms with van der Waals surface area (Å²) >= 11 is 1.22. The lowest BCUT2D eigenvalue weighted by atomic mass is 10.3. The van der Waals surface area contributed by atoms with Gasteiger partial charge in [-0.2, -0.15) is 0 Å². The van der Waals surface area contributed by atoms with Crippen LogP contribution < -0.4 is 10.2 Å². The molecule has 6 heteroatoms. The maximum atomic E-state index is 13.2. The third kappa shape index (κ3) is 3.54. The van der Waals surface area contributed by atoms with Crippen LogP contribution in [-0.4, -0.2) is 11.8 Å². The molecule has 28 heavy (non-hydrogen) atoms. The van der Waals surface area contributed by atoms with Crippen LogP contribution in [0.15, 0.2) is 100 Å². The fourth-order valence-electron chi connectivity index (χ4n) is 2.81. The lowest BCUT2D eigenvalue weighted by Gasteiger charge is -2.15. The van der Waals surface area contributed by atoms with Crippen molar-refractivity contribution in [3.05, 3.63) is 101 Å². The minimum absolute atomic E-state index is 0.175. The molecule has 0 bridgehead atoms. The number of nitrogens with one attached hydrogen (secondary N) is 1. The zero-order valence-electron chi connectivity index (χ0n) is 14.6. The van der Waals surface area contributed by atoms with Crippen LogP contribution in [0, 0.1) is 5.82 Å². The molecule has 1 aliphatic rings. The Morgan fingerprint density at radius 1 is 0.750 bits per heavy atom. The van der Waals surface area contributed by atoms with E-state index in [1.165, 1.54) is 36.0 Å². The summed E-state index contributed by atoms with van der Waals surface area (Å²) in [5.74, 6) is -1.22. The molecule has 0 spiro atoms. The lowest BCUT2D eigenvalue weighted by molar-refractivity contribution is -0.120. The summed E-state index contributed by atoms with van der Waals surface area (Å²) < 4.78 is 13.2. The van der Waals surface area contributed by atoms with Gasteiger partial charge in [-0.15, -0.1) is 0 Å². The fraction of sp³-hybridized carbons (Fsp3) is 0. The summed E-state index contributed by atoms with van der Waals surface area (Å²) in [6.45, 7) is 0. The number of para-hydroxylation sites is 1. The lowest BCUT2D eigenvalue weighted by Crippen LogP contribution is -2.32. The summed E-state index contributed by atoms with van der Waals surface area (Å²) in [6, 6.07) is 23.8. The third-order valence-corrected chi connectivity index (χ3v) is 5.22. The number of hydrogen-bond acceptors (Lipinski definition) is 4. The minimum Gasteiger partial charge on any atom is -0.350 e. The van der Waals surface area contributed by atoms with E-state index in [1.807, 2.05) is 36.4 Å². The smallest absolute Gasteiger partial charge is 0.283 e. The number of halogens is 1. The van der Waals surface area contributed by atoms with Gasteiger partial charge in [-0.05, 0) is 48.5 Å². The molecule has 1 N–H and O–H groups in total. The number of anilines is 2. The van der Waals surface area contributed by atoms with E-state index in [1.54, 1.807) is 24.3 Å². The standard InChI is InChI=1S/C22H15FN2O2S/c23-15-11-13-16(14-12-15)24-19-20(28-18-9-5-2-6-10-18)22(27)25(21(19)26)17-7-3-1-4-8-17/h1-14,24H. The maximum absolute atomic E-state index is 13.2. The van der Waals surface area contributed by atoms with E-state index in [2.05, 4.69) is 5.32 Å². The molecule has 0 saturated heterocycles. The van der Waals surface area contributed by atoms with Gasteiger partial charge in [0.15, 0.2) is 0 Å². The number of carbonyl (C=O) groups excluding carboxylic acids is 2. The van der Waals surface area contributed by atoms with Crippen molar-refractivity contribution in [1.29, 1.82) is 0 Å². The molecule has 138 valence electrons. The van der Waals surface area contributed by atoms with Crippen molar-refractivity contribution in [1.82, 2.24) is 0 Å². The summed E-state index contributed by atoms with van der Waals surface area (Å²) in [7, 11) is 0. The zero-order chi connectivity index (χ0) is 19.5. The van der Waals surface area contributed by atoms with E-state index < -0.39 is 11.8 Å². The van der Waals surface area contributed by atoms with E-state index >= 15 is 0 Å². The average molecular weight is 390 g/mol.